The van der Waals surface area contributed by atoms with Crippen LogP contribution >= 0.6 is 22.9 Å². The predicted molar refractivity (Wildman–Crippen MR) is 112 cm³/mol. The van der Waals surface area contributed by atoms with Gasteiger partial charge in [-0.05, 0) is 31.2 Å². The minimum atomic E-state index is -3.93. The van der Waals surface area contributed by atoms with Crippen molar-refractivity contribution in [1.82, 2.24) is 10.2 Å². The van der Waals surface area contributed by atoms with Crippen molar-refractivity contribution in [2.45, 2.75) is 13.0 Å². The number of nitrogens with one attached hydrogen (secondary N) is 1. The van der Waals surface area contributed by atoms with Gasteiger partial charge < -0.3 is 0 Å². The number of para-hydroxylation sites is 1. The monoisotopic (exact) mass is 454 g/mol. The van der Waals surface area contributed by atoms with Gasteiger partial charge in [-0.3, -0.25) is 14.4 Å². The Labute approximate surface area is 176 Å². The molecule has 7 nitrogen and oxygen atoms in total. The lowest BCUT2D eigenvalue weighted by Gasteiger charge is -2.28. The van der Waals surface area contributed by atoms with Gasteiger partial charge in [-0.1, -0.05) is 47.2 Å². The fraction of sp³-hybridized carbons (Fsp3) is 0.167. The van der Waals surface area contributed by atoms with E-state index >= 15 is 0 Å². The molecule has 2 aromatic carbocycles. The van der Waals surface area contributed by atoms with Crippen molar-refractivity contribution in [2.24, 2.45) is 0 Å². The number of halogens is 2. The lowest BCUT2D eigenvalue weighted by molar-refractivity contribution is -0.116. The molecule has 0 bridgehead atoms. The molecule has 1 heterocycles. The number of amides is 1. The van der Waals surface area contributed by atoms with E-state index in [0.29, 0.717) is 10.0 Å². The summed E-state index contributed by atoms with van der Waals surface area (Å²) in [6.07, 6.45) is 0.910. The largest absolute Gasteiger partial charge is 0.299 e. The van der Waals surface area contributed by atoms with Crippen LogP contribution in [-0.2, 0) is 14.8 Å². The van der Waals surface area contributed by atoms with Crippen molar-refractivity contribution >= 4 is 49.7 Å². The quantitative estimate of drug-likeness (QED) is 0.611. The second-order valence-corrected chi connectivity index (χ2v) is 9.37. The van der Waals surface area contributed by atoms with Gasteiger partial charge in [0.15, 0.2) is 0 Å². The van der Waals surface area contributed by atoms with E-state index in [2.05, 4.69) is 15.5 Å². The van der Waals surface area contributed by atoms with Crippen molar-refractivity contribution in [3.05, 3.63) is 59.4 Å². The van der Waals surface area contributed by atoms with Gasteiger partial charge in [-0.25, -0.2) is 12.8 Å². The zero-order valence-electron chi connectivity index (χ0n) is 15.3. The summed E-state index contributed by atoms with van der Waals surface area (Å²) in [4.78, 5) is 12.7. The average Bonchev–Trinajstić information content (AvgIpc) is 3.11. The molecule has 1 aromatic heterocycles. The Morgan fingerprint density at radius 3 is 2.45 bits per heavy atom. The zero-order valence-corrected chi connectivity index (χ0v) is 17.7. The second-order valence-electron chi connectivity index (χ2n) is 6.09. The van der Waals surface area contributed by atoms with Gasteiger partial charge in [0, 0.05) is 10.6 Å². The summed E-state index contributed by atoms with van der Waals surface area (Å²) in [7, 11) is -3.93. The van der Waals surface area contributed by atoms with Crippen LogP contribution in [-0.4, -0.2) is 36.8 Å². The van der Waals surface area contributed by atoms with Gasteiger partial charge in [-0.2, -0.15) is 0 Å². The molecule has 3 aromatic rings. The Kier molecular flexibility index (Phi) is 6.15. The number of benzene rings is 2. The molecule has 0 radical (unpaired) electrons. The van der Waals surface area contributed by atoms with Crippen molar-refractivity contribution in [3.63, 3.8) is 0 Å². The van der Waals surface area contributed by atoms with Crippen molar-refractivity contribution in [2.75, 3.05) is 15.9 Å². The van der Waals surface area contributed by atoms with E-state index in [0.717, 1.165) is 33.5 Å². The van der Waals surface area contributed by atoms with Crippen LogP contribution in [0.3, 0.4) is 0 Å². The smallest absolute Gasteiger partial charge is 0.249 e. The van der Waals surface area contributed by atoms with Crippen LogP contribution in [0, 0.1) is 5.82 Å². The van der Waals surface area contributed by atoms with Crippen molar-refractivity contribution in [3.8, 4) is 10.6 Å². The third-order valence-electron chi connectivity index (χ3n) is 3.92. The van der Waals surface area contributed by atoms with E-state index in [1.165, 1.54) is 25.1 Å². The van der Waals surface area contributed by atoms with E-state index in [1.807, 2.05) is 0 Å². The van der Waals surface area contributed by atoms with E-state index in [9.17, 15) is 17.6 Å². The van der Waals surface area contributed by atoms with Crippen LogP contribution in [0.15, 0.2) is 48.5 Å². The summed E-state index contributed by atoms with van der Waals surface area (Å²) in [6.45, 7) is 1.37. The maximum Gasteiger partial charge on any atom is 0.249 e. The number of carbonyl (C=O) groups is 1. The molecular formula is C18H16ClFN4O3S2. The van der Waals surface area contributed by atoms with Gasteiger partial charge in [0.05, 0.1) is 11.9 Å². The fourth-order valence-electron chi connectivity index (χ4n) is 2.60. The van der Waals surface area contributed by atoms with Crippen LogP contribution in [0.1, 0.15) is 6.92 Å². The molecular weight excluding hydrogens is 439 g/mol. The van der Waals surface area contributed by atoms with Crippen molar-refractivity contribution in [1.29, 1.82) is 0 Å². The number of aromatic nitrogens is 2. The van der Waals surface area contributed by atoms with E-state index in [-0.39, 0.29) is 10.8 Å². The first-order chi connectivity index (χ1) is 13.7. The molecule has 0 saturated carbocycles. The summed E-state index contributed by atoms with van der Waals surface area (Å²) >= 11 is 6.98. The minimum absolute atomic E-state index is 0.189. The van der Waals surface area contributed by atoms with Crippen LogP contribution in [0.5, 0.6) is 0 Å². The van der Waals surface area contributed by atoms with Gasteiger partial charge in [0.2, 0.25) is 21.1 Å². The third kappa shape index (κ3) is 4.89. The molecule has 0 aliphatic carbocycles. The molecule has 0 unspecified atom stereocenters. The summed E-state index contributed by atoms with van der Waals surface area (Å²) in [6, 6.07) is 11.1. The topological polar surface area (TPSA) is 92.3 Å². The van der Waals surface area contributed by atoms with Gasteiger partial charge in [-0.15, -0.1) is 10.2 Å². The highest BCUT2D eigenvalue weighted by Crippen LogP contribution is 2.28. The van der Waals surface area contributed by atoms with Gasteiger partial charge in [0.25, 0.3) is 0 Å². The Morgan fingerprint density at radius 2 is 1.83 bits per heavy atom. The zero-order chi connectivity index (χ0) is 21.2. The first kappa shape index (κ1) is 21.2. The average molecular weight is 455 g/mol. The summed E-state index contributed by atoms with van der Waals surface area (Å²) in [5, 5.41) is 11.8. The molecule has 11 heteroatoms. The SMILES string of the molecule is C[C@H](C(=O)Nc1nnc(-c2ccc(Cl)cc2)s1)N(c1ccccc1F)S(C)(=O)=O. The summed E-state index contributed by atoms with van der Waals surface area (Å²) in [5.41, 5.74) is 0.557. The molecule has 152 valence electrons. The number of hydrogen-bond acceptors (Lipinski definition) is 6. The molecule has 0 aliphatic heterocycles. The molecule has 0 saturated heterocycles. The van der Waals surface area contributed by atoms with Crippen LogP contribution in [0.4, 0.5) is 15.2 Å². The highest BCUT2D eigenvalue weighted by molar-refractivity contribution is 7.92. The van der Waals surface area contributed by atoms with Gasteiger partial charge in [0.1, 0.15) is 16.9 Å². The lowest BCUT2D eigenvalue weighted by Crippen LogP contribution is -2.45. The van der Waals surface area contributed by atoms with E-state index in [4.69, 9.17) is 11.6 Å². The maximum atomic E-state index is 14.2. The Balaban J connectivity index is 1.82. The van der Waals surface area contributed by atoms with Crippen LogP contribution in [0.2, 0.25) is 5.02 Å². The maximum absolute atomic E-state index is 14.2. The first-order valence-electron chi connectivity index (χ1n) is 8.31. The standard InChI is InChI=1S/C18H16ClFN4O3S2/c1-11(24(29(2,26)27)15-6-4-3-5-14(15)20)16(25)21-18-23-22-17(28-18)12-7-9-13(19)10-8-12/h3-11H,1-2H3,(H,21,23,25)/t11-/m1/s1. The third-order valence-corrected chi connectivity index (χ3v) is 6.29. The highest BCUT2D eigenvalue weighted by atomic mass is 35.5. The Hall–Kier alpha value is -2.56. The van der Waals surface area contributed by atoms with Gasteiger partial charge >= 0.3 is 0 Å². The first-order valence-corrected chi connectivity index (χ1v) is 11.4. The van der Waals surface area contributed by atoms with E-state index < -0.39 is 27.8 Å². The fourth-order valence-corrected chi connectivity index (χ4v) is 4.66. The van der Waals surface area contributed by atoms with E-state index in [1.54, 1.807) is 24.3 Å². The normalized spacial score (nSPS) is 12.4. The number of anilines is 2. The molecule has 0 fully saturated rings. The number of nitrogens with zero attached hydrogens (tertiary/aromatic N) is 3. The minimum Gasteiger partial charge on any atom is -0.299 e. The summed E-state index contributed by atoms with van der Waals surface area (Å²) in [5.74, 6) is -1.42. The molecule has 1 atom stereocenters. The van der Waals surface area contributed by atoms with Crippen molar-refractivity contribution < 1.29 is 17.6 Å². The van der Waals surface area contributed by atoms with Crippen LogP contribution < -0.4 is 9.62 Å². The highest BCUT2D eigenvalue weighted by Gasteiger charge is 2.31. The second kappa shape index (κ2) is 8.44. The number of hydrogen-bond donors (Lipinski definition) is 1. The number of rotatable bonds is 6. The molecule has 3 rings (SSSR count). The van der Waals surface area contributed by atoms with Crippen LogP contribution in [0.25, 0.3) is 10.6 Å². The Morgan fingerprint density at radius 1 is 1.17 bits per heavy atom. The number of sulfonamides is 1. The molecule has 29 heavy (non-hydrogen) atoms. The molecule has 0 spiro atoms. The lowest BCUT2D eigenvalue weighted by atomic mass is 10.2. The summed E-state index contributed by atoms with van der Waals surface area (Å²) < 4.78 is 39.4. The Bertz CT molecular complexity index is 1140. The molecule has 0 aliphatic rings. The number of carbonyl (C=O) groups excluding carboxylic acids is 1. The predicted octanol–water partition coefficient (Wildman–Crippen LogP) is 3.79. The molecule has 1 N–H and O–H groups in total. The molecule has 1 amide bonds.